The van der Waals surface area contributed by atoms with Gasteiger partial charge in [-0.25, -0.2) is 4.79 Å². The zero-order valence-electron chi connectivity index (χ0n) is 10.2. The molecule has 1 saturated heterocycles. The number of nitrogens with one attached hydrogen (secondary N) is 2. The van der Waals surface area contributed by atoms with Crippen LogP contribution in [-0.4, -0.2) is 23.0 Å². The number of benzene rings is 1. The Hall–Kier alpha value is -1.95. The maximum atomic E-state index is 11.6. The summed E-state index contributed by atoms with van der Waals surface area (Å²) in [7, 11) is 0. The second-order valence-electron chi connectivity index (χ2n) is 4.21. The Morgan fingerprint density at radius 3 is 2.84 bits per heavy atom. The number of amides is 2. The van der Waals surface area contributed by atoms with Crippen molar-refractivity contribution in [2.24, 2.45) is 0 Å². The van der Waals surface area contributed by atoms with Gasteiger partial charge >= 0.3 is 6.09 Å². The molecule has 1 aromatic rings. The lowest BCUT2D eigenvalue weighted by Crippen LogP contribution is -2.51. The zero-order valence-corrected chi connectivity index (χ0v) is 11.0. The first kappa shape index (κ1) is 13.5. The third-order valence-corrected chi connectivity index (χ3v) is 3.05. The lowest BCUT2D eigenvalue weighted by molar-refractivity contribution is -0.122. The van der Waals surface area contributed by atoms with Crippen LogP contribution in [0.5, 0.6) is 0 Å². The number of piperidine rings is 1. The van der Waals surface area contributed by atoms with Crippen molar-refractivity contribution in [2.75, 3.05) is 0 Å². The van der Waals surface area contributed by atoms with Crippen molar-refractivity contribution in [2.45, 2.75) is 25.5 Å². The average molecular weight is 278 g/mol. The topological polar surface area (TPSA) is 67.4 Å². The van der Waals surface area contributed by atoms with Crippen LogP contribution in [0, 0.1) is 0 Å². The molecule has 1 atom stereocenters. The molecule has 0 saturated carbocycles. The molecule has 0 spiro atoms. The van der Waals surface area contributed by atoms with Gasteiger partial charge in [0, 0.05) is 6.42 Å². The molecule has 1 aliphatic heterocycles. The molecular weight excluding hydrogens is 264 g/mol. The van der Waals surface area contributed by atoms with Crippen LogP contribution in [0.25, 0.3) is 0 Å². The predicted octanol–water partition coefficient (Wildman–Crippen LogP) is 1.52. The normalized spacial score (nSPS) is 18.6. The van der Waals surface area contributed by atoms with Crippen molar-refractivity contribution in [3.05, 3.63) is 35.9 Å². The second kappa shape index (κ2) is 6.29. The van der Waals surface area contributed by atoms with Crippen LogP contribution in [0.1, 0.15) is 18.4 Å². The number of hydrogen-bond acceptors (Lipinski definition) is 4. The molecule has 19 heavy (non-hydrogen) atoms. The number of ether oxygens (including phenoxy) is 1. The number of carbonyl (C=O) groups excluding carboxylic acids is 2. The maximum absolute atomic E-state index is 11.6. The molecule has 0 radical (unpaired) electrons. The minimum Gasteiger partial charge on any atom is -0.445 e. The molecule has 0 bridgehead atoms. The molecule has 2 rings (SSSR count). The van der Waals surface area contributed by atoms with Crippen molar-refractivity contribution in [3.8, 4) is 0 Å². The Kier molecular flexibility index (Phi) is 4.46. The Bertz CT molecular complexity index is 490. The van der Waals surface area contributed by atoms with Crippen molar-refractivity contribution in [1.82, 2.24) is 10.6 Å². The van der Waals surface area contributed by atoms with Gasteiger partial charge in [0.05, 0.1) is 4.99 Å². The van der Waals surface area contributed by atoms with E-state index in [1.165, 1.54) is 0 Å². The first-order chi connectivity index (χ1) is 9.15. The smallest absolute Gasteiger partial charge is 0.408 e. The van der Waals surface area contributed by atoms with E-state index in [2.05, 4.69) is 10.6 Å². The van der Waals surface area contributed by atoms with Crippen molar-refractivity contribution in [3.63, 3.8) is 0 Å². The quantitative estimate of drug-likeness (QED) is 0.823. The predicted molar refractivity (Wildman–Crippen MR) is 73.5 cm³/mol. The highest BCUT2D eigenvalue weighted by Crippen LogP contribution is 2.06. The van der Waals surface area contributed by atoms with Crippen LogP contribution in [0.4, 0.5) is 4.79 Å². The van der Waals surface area contributed by atoms with E-state index >= 15 is 0 Å². The maximum Gasteiger partial charge on any atom is 0.408 e. The molecule has 1 heterocycles. The van der Waals surface area contributed by atoms with E-state index in [1.54, 1.807) is 0 Å². The largest absolute Gasteiger partial charge is 0.445 e. The molecule has 1 aromatic carbocycles. The number of hydrogen-bond donors (Lipinski definition) is 2. The Labute approximate surface area is 116 Å². The summed E-state index contributed by atoms with van der Waals surface area (Å²) in [4.78, 5) is 23.6. The monoisotopic (exact) mass is 278 g/mol. The van der Waals surface area contributed by atoms with Crippen molar-refractivity contribution < 1.29 is 14.3 Å². The van der Waals surface area contributed by atoms with E-state index in [0.717, 1.165) is 5.56 Å². The van der Waals surface area contributed by atoms with Gasteiger partial charge in [0.25, 0.3) is 0 Å². The number of thiocarbonyl (C=S) groups is 1. The fourth-order valence-corrected chi connectivity index (χ4v) is 1.96. The van der Waals surface area contributed by atoms with Crippen LogP contribution in [0.15, 0.2) is 30.3 Å². The standard InChI is InChI=1S/C13H14N2O3S/c16-12-10(6-7-11(19)15-12)14-13(17)18-8-9-4-2-1-3-5-9/h1-5,10H,6-8H2,(H,14,17)(H,15,16,19). The number of alkyl carbamates (subject to hydrolysis) is 1. The summed E-state index contributed by atoms with van der Waals surface area (Å²) in [6, 6.07) is 8.77. The zero-order chi connectivity index (χ0) is 13.7. The first-order valence-corrected chi connectivity index (χ1v) is 6.37. The summed E-state index contributed by atoms with van der Waals surface area (Å²) in [6.07, 6.45) is 0.493. The number of rotatable bonds is 3. The molecule has 2 N–H and O–H groups in total. The van der Waals surface area contributed by atoms with E-state index in [9.17, 15) is 9.59 Å². The first-order valence-electron chi connectivity index (χ1n) is 5.96. The summed E-state index contributed by atoms with van der Waals surface area (Å²) < 4.78 is 5.04. The van der Waals surface area contributed by atoms with Crippen LogP contribution < -0.4 is 10.6 Å². The van der Waals surface area contributed by atoms with Crippen LogP contribution in [0.2, 0.25) is 0 Å². The van der Waals surface area contributed by atoms with Gasteiger partial charge in [0.1, 0.15) is 12.6 Å². The molecule has 0 aliphatic carbocycles. The van der Waals surface area contributed by atoms with Gasteiger partial charge in [-0.3, -0.25) is 4.79 Å². The van der Waals surface area contributed by atoms with Crippen LogP contribution in [0.3, 0.4) is 0 Å². The van der Waals surface area contributed by atoms with Gasteiger partial charge in [-0.15, -0.1) is 0 Å². The highest BCUT2D eigenvalue weighted by Gasteiger charge is 2.26. The molecule has 1 fully saturated rings. The van der Waals surface area contributed by atoms with Gasteiger partial charge in [0.15, 0.2) is 0 Å². The van der Waals surface area contributed by atoms with E-state index in [0.29, 0.717) is 17.8 Å². The molecule has 6 heteroatoms. The summed E-state index contributed by atoms with van der Waals surface area (Å²) in [6.45, 7) is 0.180. The van der Waals surface area contributed by atoms with E-state index in [-0.39, 0.29) is 12.5 Å². The summed E-state index contributed by atoms with van der Waals surface area (Å²) in [5.74, 6) is -0.284. The third-order valence-electron chi connectivity index (χ3n) is 2.74. The van der Waals surface area contributed by atoms with E-state index < -0.39 is 12.1 Å². The molecule has 0 aromatic heterocycles. The summed E-state index contributed by atoms with van der Waals surface area (Å²) in [5, 5.41) is 5.06. The minimum absolute atomic E-state index is 0.180. The SMILES string of the molecule is O=C(NC1CCC(=S)NC1=O)OCc1ccccc1. The van der Waals surface area contributed by atoms with E-state index in [4.69, 9.17) is 17.0 Å². The summed E-state index contributed by atoms with van der Waals surface area (Å²) in [5.41, 5.74) is 0.895. The average Bonchev–Trinajstić information content (AvgIpc) is 2.41. The van der Waals surface area contributed by atoms with Crippen molar-refractivity contribution >= 4 is 29.2 Å². The van der Waals surface area contributed by atoms with Gasteiger partial charge in [0.2, 0.25) is 5.91 Å². The van der Waals surface area contributed by atoms with E-state index in [1.807, 2.05) is 30.3 Å². The molecule has 1 unspecified atom stereocenters. The highest BCUT2D eigenvalue weighted by atomic mass is 32.1. The van der Waals surface area contributed by atoms with Gasteiger partial charge in [-0.05, 0) is 12.0 Å². The molecule has 1 aliphatic rings. The fourth-order valence-electron chi connectivity index (χ4n) is 1.74. The lowest BCUT2D eigenvalue weighted by atomic mass is 10.1. The third kappa shape index (κ3) is 4.03. The second-order valence-corrected chi connectivity index (χ2v) is 4.70. The highest BCUT2D eigenvalue weighted by molar-refractivity contribution is 7.80. The summed E-state index contributed by atoms with van der Waals surface area (Å²) >= 11 is 4.89. The molecular formula is C13H14N2O3S. The number of carbonyl (C=O) groups is 2. The Morgan fingerprint density at radius 2 is 2.16 bits per heavy atom. The minimum atomic E-state index is -0.600. The molecule has 100 valence electrons. The van der Waals surface area contributed by atoms with Crippen molar-refractivity contribution in [1.29, 1.82) is 0 Å². The van der Waals surface area contributed by atoms with Gasteiger partial charge < -0.3 is 15.4 Å². The Morgan fingerprint density at radius 1 is 1.42 bits per heavy atom. The van der Waals surface area contributed by atoms with Gasteiger partial charge in [-0.2, -0.15) is 0 Å². The Balaban J connectivity index is 1.78. The molecule has 2 amide bonds. The van der Waals surface area contributed by atoms with Gasteiger partial charge in [-0.1, -0.05) is 42.5 Å². The molecule has 5 nitrogen and oxygen atoms in total. The fraction of sp³-hybridized carbons (Fsp3) is 0.308. The van der Waals surface area contributed by atoms with Crippen LogP contribution >= 0.6 is 12.2 Å². The van der Waals surface area contributed by atoms with Crippen LogP contribution in [-0.2, 0) is 16.1 Å². The lowest BCUT2D eigenvalue weighted by Gasteiger charge is -2.22.